The van der Waals surface area contributed by atoms with Crippen LogP contribution in [0.4, 0.5) is 0 Å². The third-order valence-corrected chi connectivity index (χ3v) is 2.55. The lowest BCUT2D eigenvalue weighted by atomic mass is 10.1. The van der Waals surface area contributed by atoms with Crippen molar-refractivity contribution in [1.29, 1.82) is 0 Å². The molecule has 0 saturated heterocycles. The average molecular weight is 245 g/mol. The second kappa shape index (κ2) is 5.46. The highest BCUT2D eigenvalue weighted by atomic mass is 16.3. The Bertz CT molecular complexity index is 523. The number of carbonyl (C=O) groups excluding carboxylic acids is 1. The Morgan fingerprint density at radius 3 is 2.89 bits per heavy atom. The van der Waals surface area contributed by atoms with Crippen LogP contribution in [0.25, 0.3) is 5.69 Å². The van der Waals surface area contributed by atoms with Crippen LogP contribution in [-0.4, -0.2) is 33.4 Å². The zero-order chi connectivity index (χ0) is 13.0. The predicted molar refractivity (Wildman–Crippen MR) is 67.6 cm³/mol. The Balaban J connectivity index is 2.31. The summed E-state index contributed by atoms with van der Waals surface area (Å²) in [5, 5.41) is 15.8. The van der Waals surface area contributed by atoms with Gasteiger partial charge in [-0.3, -0.25) is 4.79 Å². The number of nitrogens with one attached hydrogen (secondary N) is 1. The fourth-order valence-corrected chi connectivity index (χ4v) is 1.62. The van der Waals surface area contributed by atoms with Crippen LogP contribution in [0.1, 0.15) is 17.3 Å². The lowest BCUT2D eigenvalue weighted by molar-refractivity contribution is 0.0922. The first-order valence-corrected chi connectivity index (χ1v) is 5.73. The van der Waals surface area contributed by atoms with Gasteiger partial charge in [0.1, 0.15) is 0 Å². The molecular weight excluding hydrogens is 230 g/mol. The third-order valence-electron chi connectivity index (χ3n) is 2.55. The number of para-hydroxylation sites is 1. The lowest BCUT2D eigenvalue weighted by Crippen LogP contribution is -2.35. The molecule has 1 unspecified atom stereocenters. The van der Waals surface area contributed by atoms with Gasteiger partial charge in [-0.2, -0.15) is 5.10 Å². The van der Waals surface area contributed by atoms with Gasteiger partial charge in [0, 0.05) is 18.4 Å². The van der Waals surface area contributed by atoms with Gasteiger partial charge in [-0.1, -0.05) is 12.1 Å². The van der Waals surface area contributed by atoms with Gasteiger partial charge in [-0.15, -0.1) is 0 Å². The number of nitrogens with zero attached hydrogens (tertiary/aromatic N) is 2. The van der Waals surface area contributed by atoms with E-state index in [1.807, 2.05) is 12.1 Å². The highest BCUT2D eigenvalue weighted by Gasteiger charge is 2.14. The molecule has 0 saturated carbocycles. The van der Waals surface area contributed by atoms with Gasteiger partial charge in [-0.05, 0) is 25.1 Å². The molecule has 2 aromatic rings. The van der Waals surface area contributed by atoms with Crippen LogP contribution < -0.4 is 5.32 Å². The molecule has 1 amide bonds. The van der Waals surface area contributed by atoms with Crippen molar-refractivity contribution < 1.29 is 9.90 Å². The first kappa shape index (κ1) is 12.3. The van der Waals surface area contributed by atoms with Crippen molar-refractivity contribution in [2.45, 2.75) is 13.0 Å². The fourth-order valence-electron chi connectivity index (χ4n) is 1.62. The molecule has 0 aliphatic heterocycles. The number of aliphatic hydroxyl groups is 1. The summed E-state index contributed by atoms with van der Waals surface area (Å²) in [5.74, 6) is -0.220. The average Bonchev–Trinajstić information content (AvgIpc) is 2.92. The summed E-state index contributed by atoms with van der Waals surface area (Å²) >= 11 is 0. The first-order chi connectivity index (χ1) is 8.72. The van der Waals surface area contributed by atoms with Crippen LogP contribution in [-0.2, 0) is 0 Å². The number of carbonyl (C=O) groups is 1. The minimum absolute atomic E-state index is 0.0876. The summed E-state index contributed by atoms with van der Waals surface area (Å²) in [5.41, 5.74) is 1.24. The molecule has 0 fully saturated rings. The Morgan fingerprint density at radius 1 is 1.44 bits per heavy atom. The van der Waals surface area contributed by atoms with Crippen molar-refractivity contribution in [2.75, 3.05) is 6.61 Å². The van der Waals surface area contributed by atoms with Crippen molar-refractivity contribution in [3.63, 3.8) is 0 Å². The van der Waals surface area contributed by atoms with E-state index in [1.54, 1.807) is 42.2 Å². The molecule has 0 spiro atoms. The van der Waals surface area contributed by atoms with E-state index in [1.165, 1.54) is 0 Å². The molecule has 18 heavy (non-hydrogen) atoms. The summed E-state index contributed by atoms with van der Waals surface area (Å²) in [4.78, 5) is 12.1. The second-order valence-electron chi connectivity index (χ2n) is 4.02. The molecule has 0 aliphatic carbocycles. The van der Waals surface area contributed by atoms with E-state index >= 15 is 0 Å². The Labute approximate surface area is 105 Å². The number of hydrogen-bond donors (Lipinski definition) is 2. The molecule has 1 aromatic heterocycles. The molecule has 94 valence electrons. The van der Waals surface area contributed by atoms with Crippen LogP contribution in [0, 0.1) is 0 Å². The van der Waals surface area contributed by atoms with Crippen LogP contribution >= 0.6 is 0 Å². The highest BCUT2D eigenvalue weighted by molar-refractivity contribution is 5.97. The minimum Gasteiger partial charge on any atom is -0.394 e. The van der Waals surface area contributed by atoms with Crippen molar-refractivity contribution in [2.24, 2.45) is 0 Å². The summed E-state index contributed by atoms with van der Waals surface area (Å²) in [7, 11) is 0. The van der Waals surface area contributed by atoms with Gasteiger partial charge >= 0.3 is 0 Å². The molecule has 0 bridgehead atoms. The Kier molecular flexibility index (Phi) is 3.74. The number of aromatic nitrogens is 2. The van der Waals surface area contributed by atoms with Gasteiger partial charge in [-0.25, -0.2) is 4.68 Å². The van der Waals surface area contributed by atoms with E-state index in [9.17, 15) is 4.79 Å². The first-order valence-electron chi connectivity index (χ1n) is 5.73. The molecule has 2 rings (SSSR count). The summed E-state index contributed by atoms with van der Waals surface area (Å²) in [6.07, 6.45) is 3.44. The van der Waals surface area contributed by atoms with Crippen LogP contribution in [0.5, 0.6) is 0 Å². The fraction of sp³-hybridized carbons (Fsp3) is 0.231. The molecule has 1 aromatic carbocycles. The second-order valence-corrected chi connectivity index (χ2v) is 4.02. The number of rotatable bonds is 4. The largest absolute Gasteiger partial charge is 0.394 e. The number of aliphatic hydroxyl groups excluding tert-OH is 1. The van der Waals surface area contributed by atoms with Gasteiger partial charge in [0.05, 0.1) is 17.9 Å². The van der Waals surface area contributed by atoms with Crippen LogP contribution in [0.2, 0.25) is 0 Å². The maximum Gasteiger partial charge on any atom is 0.253 e. The van der Waals surface area contributed by atoms with Crippen molar-refractivity contribution >= 4 is 5.91 Å². The summed E-state index contributed by atoms with van der Waals surface area (Å²) in [6.45, 7) is 1.66. The lowest BCUT2D eigenvalue weighted by Gasteiger charge is -2.13. The van der Waals surface area contributed by atoms with Crippen molar-refractivity contribution in [1.82, 2.24) is 15.1 Å². The zero-order valence-corrected chi connectivity index (χ0v) is 10.1. The monoisotopic (exact) mass is 245 g/mol. The molecule has 0 radical (unpaired) electrons. The molecule has 1 atom stereocenters. The number of benzene rings is 1. The van der Waals surface area contributed by atoms with E-state index < -0.39 is 0 Å². The van der Waals surface area contributed by atoms with E-state index in [0.29, 0.717) is 11.3 Å². The van der Waals surface area contributed by atoms with Crippen molar-refractivity contribution in [3.8, 4) is 5.69 Å². The predicted octanol–water partition coefficient (Wildman–Crippen LogP) is 0.983. The molecule has 5 nitrogen and oxygen atoms in total. The normalized spacial score (nSPS) is 12.1. The van der Waals surface area contributed by atoms with E-state index in [2.05, 4.69) is 10.4 Å². The summed E-state index contributed by atoms with van der Waals surface area (Å²) in [6, 6.07) is 8.73. The maximum atomic E-state index is 12.1. The Hall–Kier alpha value is -2.14. The van der Waals surface area contributed by atoms with E-state index in [0.717, 1.165) is 0 Å². The Morgan fingerprint density at radius 2 is 2.22 bits per heavy atom. The van der Waals surface area contributed by atoms with Gasteiger partial charge in [0.2, 0.25) is 0 Å². The number of amides is 1. The minimum atomic E-state index is -0.275. The highest BCUT2D eigenvalue weighted by Crippen LogP contribution is 2.13. The van der Waals surface area contributed by atoms with Crippen LogP contribution in [0.15, 0.2) is 42.7 Å². The smallest absolute Gasteiger partial charge is 0.253 e. The maximum absolute atomic E-state index is 12.1. The summed E-state index contributed by atoms with van der Waals surface area (Å²) < 4.78 is 1.64. The van der Waals surface area contributed by atoms with Gasteiger partial charge in [0.15, 0.2) is 0 Å². The molecule has 0 aliphatic rings. The van der Waals surface area contributed by atoms with E-state index in [-0.39, 0.29) is 18.6 Å². The van der Waals surface area contributed by atoms with Crippen LogP contribution in [0.3, 0.4) is 0 Å². The van der Waals surface area contributed by atoms with Gasteiger partial charge in [0.25, 0.3) is 5.91 Å². The zero-order valence-electron chi connectivity index (χ0n) is 10.1. The SMILES string of the molecule is CC(CO)NC(=O)c1ccccc1-n1cccn1. The molecule has 5 heteroatoms. The van der Waals surface area contributed by atoms with E-state index in [4.69, 9.17) is 5.11 Å². The standard InChI is InChI=1S/C13H15N3O2/c1-10(9-17)15-13(18)11-5-2-3-6-12(11)16-8-4-7-14-16/h2-8,10,17H,9H2,1H3,(H,15,18). The molecule has 1 heterocycles. The molecule has 2 N–H and O–H groups in total. The van der Waals surface area contributed by atoms with Crippen molar-refractivity contribution in [3.05, 3.63) is 48.3 Å². The third kappa shape index (κ3) is 2.57. The molecular formula is C13H15N3O2. The quantitative estimate of drug-likeness (QED) is 0.844. The topological polar surface area (TPSA) is 67.2 Å². The van der Waals surface area contributed by atoms with Gasteiger partial charge < -0.3 is 10.4 Å². The number of hydrogen-bond acceptors (Lipinski definition) is 3.